The van der Waals surface area contributed by atoms with Crippen molar-refractivity contribution in [2.24, 2.45) is 11.1 Å². The molecule has 0 unspecified atom stereocenters. The highest BCUT2D eigenvalue weighted by Crippen LogP contribution is 2.55. The summed E-state index contributed by atoms with van der Waals surface area (Å²) >= 11 is 0. The fourth-order valence-electron chi connectivity index (χ4n) is 3.80. The van der Waals surface area contributed by atoms with Gasteiger partial charge in [0.1, 0.15) is 16.8 Å². The minimum absolute atomic E-state index is 0.00335. The zero-order valence-electron chi connectivity index (χ0n) is 19.4. The molecule has 6 nitrogen and oxygen atoms in total. The maximum Gasteiger partial charge on any atom is 0.413 e. The van der Waals surface area contributed by atoms with Crippen LogP contribution < -0.4 is 5.73 Å². The number of hydrogen-bond donors (Lipinski definition) is 1. The van der Waals surface area contributed by atoms with Gasteiger partial charge in [0.05, 0.1) is 6.20 Å². The van der Waals surface area contributed by atoms with Crippen LogP contribution in [-0.2, 0) is 20.6 Å². The number of aromatic nitrogens is 3. The van der Waals surface area contributed by atoms with Gasteiger partial charge in [-0.3, -0.25) is 0 Å². The van der Waals surface area contributed by atoms with Crippen LogP contribution in [-0.4, -0.2) is 32.7 Å². The number of carbonyl (C=O) groups is 1. The van der Waals surface area contributed by atoms with Crippen LogP contribution in [0.2, 0.25) is 0 Å². The number of ether oxygens (including phenoxy) is 1. The fourth-order valence-corrected chi connectivity index (χ4v) is 3.80. The summed E-state index contributed by atoms with van der Waals surface area (Å²) in [4.78, 5) is 13.0. The van der Waals surface area contributed by atoms with Crippen LogP contribution in [0.25, 0.3) is 11.3 Å². The number of esters is 1. The lowest BCUT2D eigenvalue weighted by molar-refractivity contribution is -0.183. The van der Waals surface area contributed by atoms with E-state index in [0.29, 0.717) is 23.2 Å². The molecule has 0 spiro atoms. The molecule has 0 amide bonds. The Morgan fingerprint density at radius 1 is 1.09 bits per heavy atom. The summed E-state index contributed by atoms with van der Waals surface area (Å²) in [7, 11) is 0. The maximum absolute atomic E-state index is 13.4. The number of nitrogens with zero attached hydrogens (tertiary/aromatic N) is 3. The topological polar surface area (TPSA) is 83.0 Å². The van der Waals surface area contributed by atoms with Crippen LogP contribution in [0.4, 0.5) is 13.2 Å². The lowest BCUT2D eigenvalue weighted by atomic mass is 9.76. The van der Waals surface area contributed by atoms with Crippen molar-refractivity contribution in [1.29, 1.82) is 0 Å². The number of nitrogens with two attached hydrogens (primary N) is 1. The number of rotatable bonds is 5. The van der Waals surface area contributed by atoms with Gasteiger partial charge in [0, 0.05) is 5.56 Å². The number of carbonyl (C=O) groups excluding carboxylic acids is 1. The number of halogens is 3. The van der Waals surface area contributed by atoms with Crippen molar-refractivity contribution in [3.63, 3.8) is 0 Å². The first-order valence-corrected chi connectivity index (χ1v) is 10.6. The Labute approximate surface area is 186 Å². The Bertz CT molecular complexity index is 980. The molecule has 1 atom stereocenters. The second-order valence-corrected chi connectivity index (χ2v) is 10.9. The van der Waals surface area contributed by atoms with E-state index in [1.54, 1.807) is 45.0 Å². The van der Waals surface area contributed by atoms with Crippen molar-refractivity contribution >= 4 is 5.97 Å². The summed E-state index contributed by atoms with van der Waals surface area (Å²) in [6.45, 7) is 11.3. The van der Waals surface area contributed by atoms with E-state index in [9.17, 15) is 18.0 Å². The standard InChI is InChI=1S/C23H31F3N4O2/c1-19(2,3)14-22(27,18(31)32-20(4,5)6)16-9-7-15(8-10-16)17-13-30(29-28-17)21(11-12-21)23(24,25)26/h7-10,13H,11-12,14,27H2,1-6H3/t22-/m1/s1. The van der Waals surface area contributed by atoms with Gasteiger partial charge in [0.2, 0.25) is 0 Å². The minimum Gasteiger partial charge on any atom is -0.458 e. The van der Waals surface area contributed by atoms with Gasteiger partial charge in [0.25, 0.3) is 0 Å². The Kier molecular flexibility index (Phi) is 5.73. The molecular formula is C23H31F3N4O2. The van der Waals surface area contributed by atoms with Crippen molar-refractivity contribution < 1.29 is 22.7 Å². The molecule has 0 saturated heterocycles. The van der Waals surface area contributed by atoms with Gasteiger partial charge >= 0.3 is 12.1 Å². The van der Waals surface area contributed by atoms with Crippen molar-refractivity contribution in [3.05, 3.63) is 36.0 Å². The van der Waals surface area contributed by atoms with Crippen LogP contribution in [0, 0.1) is 5.41 Å². The van der Waals surface area contributed by atoms with Gasteiger partial charge in [-0.25, -0.2) is 9.48 Å². The van der Waals surface area contributed by atoms with Crippen molar-refractivity contribution in [2.45, 2.75) is 83.7 Å². The van der Waals surface area contributed by atoms with Gasteiger partial charge in [-0.15, -0.1) is 5.10 Å². The minimum atomic E-state index is -4.37. The molecule has 1 fully saturated rings. The fraction of sp³-hybridized carbons (Fsp3) is 0.609. The lowest BCUT2D eigenvalue weighted by Gasteiger charge is -2.36. The van der Waals surface area contributed by atoms with E-state index >= 15 is 0 Å². The predicted molar refractivity (Wildman–Crippen MR) is 115 cm³/mol. The van der Waals surface area contributed by atoms with Gasteiger partial charge in [-0.05, 0) is 51.0 Å². The van der Waals surface area contributed by atoms with E-state index < -0.39 is 28.8 Å². The molecule has 1 saturated carbocycles. The molecular weight excluding hydrogens is 421 g/mol. The largest absolute Gasteiger partial charge is 0.458 e. The zero-order valence-corrected chi connectivity index (χ0v) is 19.4. The van der Waals surface area contributed by atoms with Gasteiger partial charge in [0.15, 0.2) is 5.54 Å². The molecule has 3 rings (SSSR count). The van der Waals surface area contributed by atoms with Gasteiger partial charge in [-0.2, -0.15) is 13.2 Å². The van der Waals surface area contributed by atoms with E-state index in [-0.39, 0.29) is 18.3 Å². The summed E-state index contributed by atoms with van der Waals surface area (Å²) < 4.78 is 46.6. The first-order chi connectivity index (χ1) is 14.5. The van der Waals surface area contributed by atoms with E-state index in [2.05, 4.69) is 10.3 Å². The molecule has 1 aliphatic carbocycles. The Hall–Kier alpha value is -2.42. The molecule has 1 aromatic heterocycles. The molecule has 0 radical (unpaired) electrons. The number of hydrogen-bond acceptors (Lipinski definition) is 5. The van der Waals surface area contributed by atoms with Crippen molar-refractivity contribution in [2.75, 3.05) is 0 Å². The third kappa shape index (κ3) is 4.82. The molecule has 2 N–H and O–H groups in total. The average molecular weight is 453 g/mol. The summed E-state index contributed by atoms with van der Waals surface area (Å²) in [5, 5.41) is 7.66. The third-order valence-electron chi connectivity index (χ3n) is 5.45. The average Bonchev–Trinajstić information content (AvgIpc) is 3.30. The van der Waals surface area contributed by atoms with Crippen LogP contribution in [0.5, 0.6) is 0 Å². The smallest absolute Gasteiger partial charge is 0.413 e. The van der Waals surface area contributed by atoms with Crippen LogP contribution in [0.15, 0.2) is 30.5 Å². The monoisotopic (exact) mass is 452 g/mol. The third-order valence-corrected chi connectivity index (χ3v) is 5.45. The van der Waals surface area contributed by atoms with Crippen molar-refractivity contribution in [1.82, 2.24) is 15.0 Å². The summed E-state index contributed by atoms with van der Waals surface area (Å²) in [6, 6.07) is 6.76. The zero-order chi connectivity index (χ0) is 24.2. The summed E-state index contributed by atoms with van der Waals surface area (Å²) in [6.07, 6.45) is -2.72. The first-order valence-electron chi connectivity index (χ1n) is 10.6. The Balaban J connectivity index is 1.91. The SMILES string of the molecule is CC(C)(C)C[C@](N)(C(=O)OC(C)(C)C)c1ccc(-c2cn(C3(C(F)(F)F)CC3)nn2)cc1. The second-order valence-electron chi connectivity index (χ2n) is 10.9. The molecule has 2 aromatic rings. The summed E-state index contributed by atoms with van der Waals surface area (Å²) in [5.74, 6) is -0.528. The molecule has 176 valence electrons. The lowest BCUT2D eigenvalue weighted by Crippen LogP contribution is -2.50. The van der Waals surface area contributed by atoms with Gasteiger partial charge in [-0.1, -0.05) is 50.3 Å². The molecule has 32 heavy (non-hydrogen) atoms. The highest BCUT2D eigenvalue weighted by molar-refractivity contribution is 5.83. The van der Waals surface area contributed by atoms with Crippen molar-refractivity contribution in [3.8, 4) is 11.3 Å². The first kappa shape index (κ1) is 24.2. The molecule has 1 heterocycles. The summed E-state index contributed by atoms with van der Waals surface area (Å²) in [5.41, 5.74) is 3.81. The number of benzene rings is 1. The Morgan fingerprint density at radius 3 is 2.09 bits per heavy atom. The quantitative estimate of drug-likeness (QED) is 0.651. The predicted octanol–water partition coefficient (Wildman–Crippen LogP) is 4.93. The Morgan fingerprint density at radius 2 is 1.66 bits per heavy atom. The van der Waals surface area contributed by atoms with E-state index in [0.717, 1.165) is 4.68 Å². The maximum atomic E-state index is 13.4. The van der Waals surface area contributed by atoms with E-state index in [1.807, 2.05) is 20.8 Å². The molecule has 0 aliphatic heterocycles. The van der Waals surface area contributed by atoms with E-state index in [4.69, 9.17) is 10.5 Å². The van der Waals surface area contributed by atoms with Crippen LogP contribution in [0.1, 0.15) is 66.4 Å². The van der Waals surface area contributed by atoms with E-state index in [1.165, 1.54) is 6.20 Å². The molecule has 9 heteroatoms. The number of alkyl halides is 3. The van der Waals surface area contributed by atoms with Crippen LogP contribution >= 0.6 is 0 Å². The highest BCUT2D eigenvalue weighted by atomic mass is 19.4. The van der Waals surface area contributed by atoms with Crippen LogP contribution in [0.3, 0.4) is 0 Å². The van der Waals surface area contributed by atoms with Gasteiger partial charge < -0.3 is 10.5 Å². The molecule has 0 bridgehead atoms. The molecule has 1 aliphatic rings. The highest BCUT2D eigenvalue weighted by Gasteiger charge is 2.66. The second kappa shape index (κ2) is 7.57. The molecule has 1 aromatic carbocycles. The normalized spacial score (nSPS) is 18.2.